The summed E-state index contributed by atoms with van der Waals surface area (Å²) in [4.78, 5) is 11.1. The van der Waals surface area contributed by atoms with Crippen LogP contribution < -0.4 is 4.74 Å². The number of esters is 1. The Labute approximate surface area is 87.1 Å². The van der Waals surface area contributed by atoms with Gasteiger partial charge in [0.15, 0.2) is 0 Å². The largest absolute Gasteiger partial charge is 0.489 e. The third-order valence-electron chi connectivity index (χ3n) is 1.66. The first kappa shape index (κ1) is 11.2. The van der Waals surface area contributed by atoms with Crippen LogP contribution in [0.15, 0.2) is 30.9 Å². The van der Waals surface area contributed by atoms with Gasteiger partial charge in [0.1, 0.15) is 18.2 Å². The van der Waals surface area contributed by atoms with Crippen molar-refractivity contribution in [2.45, 2.75) is 0 Å². The van der Waals surface area contributed by atoms with E-state index in [1.54, 1.807) is 0 Å². The fourth-order valence-electron chi connectivity index (χ4n) is 1.04. The zero-order chi connectivity index (χ0) is 11.3. The van der Waals surface area contributed by atoms with Crippen LogP contribution in [0.25, 0.3) is 0 Å². The van der Waals surface area contributed by atoms with Crippen LogP contribution in [0.5, 0.6) is 5.75 Å². The van der Waals surface area contributed by atoms with Gasteiger partial charge in [-0.05, 0) is 12.1 Å². The van der Waals surface area contributed by atoms with Crippen molar-refractivity contribution >= 4 is 5.97 Å². The van der Waals surface area contributed by atoms with E-state index in [9.17, 15) is 9.18 Å². The molecule has 1 aromatic rings. The van der Waals surface area contributed by atoms with Gasteiger partial charge in [-0.15, -0.1) is 0 Å². The minimum atomic E-state index is -0.599. The van der Waals surface area contributed by atoms with Crippen molar-refractivity contribution in [1.82, 2.24) is 0 Å². The minimum absolute atomic E-state index is 0.122. The van der Waals surface area contributed by atoms with Crippen molar-refractivity contribution in [2.75, 3.05) is 13.7 Å². The predicted molar refractivity (Wildman–Crippen MR) is 53.4 cm³/mol. The van der Waals surface area contributed by atoms with Crippen molar-refractivity contribution in [2.24, 2.45) is 0 Å². The van der Waals surface area contributed by atoms with Gasteiger partial charge in [0.25, 0.3) is 0 Å². The van der Waals surface area contributed by atoms with Crippen LogP contribution in [0, 0.1) is 5.82 Å². The van der Waals surface area contributed by atoms with Crippen LogP contribution >= 0.6 is 0 Å². The third kappa shape index (κ3) is 3.09. The topological polar surface area (TPSA) is 35.5 Å². The lowest BCUT2D eigenvalue weighted by Crippen LogP contribution is -2.03. The van der Waals surface area contributed by atoms with E-state index in [0.717, 1.165) is 6.07 Å². The molecule has 0 aliphatic heterocycles. The highest BCUT2D eigenvalue weighted by Crippen LogP contribution is 2.17. The molecule has 15 heavy (non-hydrogen) atoms. The van der Waals surface area contributed by atoms with Crippen LogP contribution in [0.4, 0.5) is 4.39 Å². The number of ether oxygens (including phenoxy) is 2. The highest BCUT2D eigenvalue weighted by atomic mass is 19.1. The molecule has 0 N–H and O–H groups in total. The van der Waals surface area contributed by atoms with Crippen LogP contribution in [0.1, 0.15) is 10.4 Å². The van der Waals surface area contributed by atoms with Gasteiger partial charge in [-0.1, -0.05) is 12.7 Å². The van der Waals surface area contributed by atoms with Crippen LogP contribution in [-0.4, -0.2) is 19.7 Å². The molecule has 0 heterocycles. The molecule has 0 spiro atoms. The molecule has 0 saturated carbocycles. The molecule has 0 aliphatic rings. The van der Waals surface area contributed by atoms with Crippen LogP contribution in [0.2, 0.25) is 0 Å². The van der Waals surface area contributed by atoms with Crippen LogP contribution in [-0.2, 0) is 4.74 Å². The number of rotatable bonds is 4. The molecule has 1 rings (SSSR count). The molecule has 0 amide bonds. The maximum Gasteiger partial charge on any atom is 0.338 e. The van der Waals surface area contributed by atoms with Crippen molar-refractivity contribution in [3.05, 3.63) is 42.2 Å². The molecule has 0 aliphatic carbocycles. The Bertz CT molecular complexity index is 374. The Hall–Kier alpha value is -1.84. The van der Waals surface area contributed by atoms with Crippen LogP contribution in [0.3, 0.4) is 0 Å². The van der Waals surface area contributed by atoms with E-state index in [1.165, 1.54) is 25.3 Å². The van der Waals surface area contributed by atoms with E-state index < -0.39 is 11.8 Å². The number of hydrogen-bond acceptors (Lipinski definition) is 3. The zero-order valence-corrected chi connectivity index (χ0v) is 8.33. The lowest BCUT2D eigenvalue weighted by atomic mass is 10.2. The summed E-state index contributed by atoms with van der Waals surface area (Å²) in [5, 5.41) is 0. The van der Waals surface area contributed by atoms with Gasteiger partial charge in [0, 0.05) is 6.07 Å². The summed E-state index contributed by atoms with van der Waals surface area (Å²) in [5.74, 6) is -0.870. The number of carbonyl (C=O) groups excluding carboxylic acids is 1. The second-order valence-corrected chi connectivity index (χ2v) is 2.77. The molecule has 0 atom stereocenters. The fourth-order valence-corrected chi connectivity index (χ4v) is 1.04. The van der Waals surface area contributed by atoms with E-state index in [0.29, 0.717) is 0 Å². The Morgan fingerprint density at radius 3 is 2.87 bits per heavy atom. The Kier molecular flexibility index (Phi) is 3.85. The summed E-state index contributed by atoms with van der Waals surface area (Å²) in [6.45, 7) is 3.72. The Morgan fingerprint density at radius 1 is 1.53 bits per heavy atom. The van der Waals surface area contributed by atoms with Gasteiger partial charge in [-0.3, -0.25) is 0 Å². The van der Waals surface area contributed by atoms with Crippen molar-refractivity contribution in [3.8, 4) is 5.75 Å². The monoisotopic (exact) mass is 210 g/mol. The van der Waals surface area contributed by atoms with E-state index in [-0.39, 0.29) is 17.9 Å². The van der Waals surface area contributed by atoms with Crippen molar-refractivity contribution in [3.63, 3.8) is 0 Å². The van der Waals surface area contributed by atoms with Gasteiger partial charge < -0.3 is 9.47 Å². The molecule has 3 nitrogen and oxygen atoms in total. The first-order chi connectivity index (χ1) is 7.17. The number of benzene rings is 1. The minimum Gasteiger partial charge on any atom is -0.489 e. The quantitative estimate of drug-likeness (QED) is 0.564. The van der Waals surface area contributed by atoms with E-state index in [2.05, 4.69) is 11.3 Å². The Balaban J connectivity index is 2.94. The zero-order valence-electron chi connectivity index (χ0n) is 8.33. The van der Waals surface area contributed by atoms with Gasteiger partial charge >= 0.3 is 5.97 Å². The summed E-state index contributed by atoms with van der Waals surface area (Å²) >= 11 is 0. The number of methoxy groups -OCH3 is 1. The SMILES string of the molecule is C=CCOc1cc(F)cc(C(=O)OC)c1. The molecular weight excluding hydrogens is 199 g/mol. The highest BCUT2D eigenvalue weighted by molar-refractivity contribution is 5.89. The Morgan fingerprint density at radius 2 is 2.27 bits per heavy atom. The summed E-state index contributed by atoms with van der Waals surface area (Å²) in [7, 11) is 1.23. The first-order valence-corrected chi connectivity index (χ1v) is 4.30. The van der Waals surface area contributed by atoms with E-state index >= 15 is 0 Å². The molecule has 1 aromatic carbocycles. The maximum absolute atomic E-state index is 13.0. The first-order valence-electron chi connectivity index (χ1n) is 4.30. The standard InChI is InChI=1S/C11H11FO3/c1-3-4-15-10-6-8(11(13)14-2)5-9(12)7-10/h3,5-7H,1,4H2,2H3. The average Bonchev–Trinajstić information content (AvgIpc) is 2.24. The van der Waals surface area contributed by atoms with E-state index in [1.807, 2.05) is 0 Å². The summed E-state index contributed by atoms with van der Waals surface area (Å²) in [6.07, 6.45) is 1.53. The molecule has 0 aromatic heterocycles. The molecule has 0 radical (unpaired) electrons. The summed E-state index contributed by atoms with van der Waals surface area (Å²) < 4.78 is 22.6. The summed E-state index contributed by atoms with van der Waals surface area (Å²) in [6, 6.07) is 3.70. The van der Waals surface area contributed by atoms with Crippen molar-refractivity contribution < 1.29 is 18.7 Å². The predicted octanol–water partition coefficient (Wildman–Crippen LogP) is 2.18. The fraction of sp³-hybridized carbons (Fsp3) is 0.182. The smallest absolute Gasteiger partial charge is 0.338 e. The number of hydrogen-bond donors (Lipinski definition) is 0. The molecule has 0 bridgehead atoms. The second kappa shape index (κ2) is 5.14. The number of carbonyl (C=O) groups is 1. The van der Waals surface area contributed by atoms with Gasteiger partial charge in [0.2, 0.25) is 0 Å². The molecular formula is C11H11FO3. The lowest BCUT2D eigenvalue weighted by Gasteiger charge is -2.05. The van der Waals surface area contributed by atoms with Gasteiger partial charge in [-0.25, -0.2) is 9.18 Å². The van der Waals surface area contributed by atoms with E-state index in [4.69, 9.17) is 4.74 Å². The molecule has 4 heteroatoms. The summed E-state index contributed by atoms with van der Waals surface area (Å²) in [5.41, 5.74) is 0.122. The van der Waals surface area contributed by atoms with Gasteiger partial charge in [0.05, 0.1) is 12.7 Å². The lowest BCUT2D eigenvalue weighted by molar-refractivity contribution is 0.0599. The molecule has 0 unspecified atom stereocenters. The van der Waals surface area contributed by atoms with Gasteiger partial charge in [-0.2, -0.15) is 0 Å². The van der Waals surface area contributed by atoms with Crippen molar-refractivity contribution in [1.29, 1.82) is 0 Å². The molecule has 80 valence electrons. The maximum atomic E-state index is 13.0. The molecule has 0 fully saturated rings. The highest BCUT2D eigenvalue weighted by Gasteiger charge is 2.09. The average molecular weight is 210 g/mol. The molecule has 0 saturated heterocycles. The number of halogens is 1. The second-order valence-electron chi connectivity index (χ2n) is 2.77. The normalized spacial score (nSPS) is 9.47. The third-order valence-corrected chi connectivity index (χ3v) is 1.66.